The molecule has 0 saturated heterocycles. The van der Waals surface area contributed by atoms with Crippen molar-refractivity contribution < 1.29 is 4.79 Å². The van der Waals surface area contributed by atoms with Gasteiger partial charge in [0.05, 0.1) is 11.0 Å². The van der Waals surface area contributed by atoms with Crippen molar-refractivity contribution in [1.82, 2.24) is 19.4 Å². The molecule has 0 aliphatic heterocycles. The zero-order valence-corrected chi connectivity index (χ0v) is 15.4. The van der Waals surface area contributed by atoms with Crippen molar-refractivity contribution in [2.24, 2.45) is 0 Å². The van der Waals surface area contributed by atoms with Crippen LogP contribution in [0, 0.1) is 6.92 Å². The zero-order valence-electron chi connectivity index (χ0n) is 15.4. The van der Waals surface area contributed by atoms with Crippen molar-refractivity contribution in [3.63, 3.8) is 0 Å². The molecule has 134 valence electrons. The summed E-state index contributed by atoms with van der Waals surface area (Å²) in [4.78, 5) is 32.5. The lowest BCUT2D eigenvalue weighted by atomic mass is 10.2. The average molecular weight is 342 g/mol. The second-order valence-electron chi connectivity index (χ2n) is 6.42. The van der Waals surface area contributed by atoms with E-state index in [1.54, 1.807) is 29.5 Å². The Labute approximate surface area is 148 Å². The number of carbonyl (C=O) groups is 1. The first-order valence-corrected chi connectivity index (χ1v) is 8.42. The number of fused-ring (bicyclic) bond motifs is 1. The molecule has 1 heterocycles. The fourth-order valence-corrected chi connectivity index (χ4v) is 2.61. The number of amides is 1. The van der Waals surface area contributed by atoms with Crippen LogP contribution in [-0.4, -0.2) is 59.5 Å². The summed E-state index contributed by atoms with van der Waals surface area (Å²) in [6.45, 7) is 3.61. The van der Waals surface area contributed by atoms with Crippen LogP contribution in [0.4, 0.5) is 0 Å². The summed E-state index contributed by atoms with van der Waals surface area (Å²) < 4.78 is 1.75. The average Bonchev–Trinajstić information content (AvgIpc) is 2.57. The summed E-state index contributed by atoms with van der Waals surface area (Å²) in [5.41, 5.74) is 2.07. The third-order valence-electron chi connectivity index (χ3n) is 4.00. The van der Waals surface area contributed by atoms with Crippen LogP contribution in [0.1, 0.15) is 12.1 Å². The van der Waals surface area contributed by atoms with Gasteiger partial charge in [0.15, 0.2) is 0 Å². The van der Waals surface area contributed by atoms with Gasteiger partial charge in [-0.1, -0.05) is 18.2 Å². The quantitative estimate of drug-likeness (QED) is 0.718. The first-order chi connectivity index (χ1) is 11.9. The van der Waals surface area contributed by atoms with Gasteiger partial charge in [0.1, 0.15) is 5.69 Å². The number of benzene rings is 1. The van der Waals surface area contributed by atoms with Gasteiger partial charge in [-0.05, 0) is 39.6 Å². The van der Waals surface area contributed by atoms with Gasteiger partial charge in [0, 0.05) is 32.8 Å². The monoisotopic (exact) mass is 342 g/mol. The molecule has 1 aromatic heterocycles. The maximum absolute atomic E-state index is 12.4. The summed E-state index contributed by atoms with van der Waals surface area (Å²) in [6.07, 6.45) is 4.15. The van der Waals surface area contributed by atoms with Gasteiger partial charge in [0.25, 0.3) is 5.56 Å². The molecule has 0 saturated carbocycles. The predicted molar refractivity (Wildman–Crippen MR) is 101 cm³/mol. The Morgan fingerprint density at radius 1 is 1.24 bits per heavy atom. The number of aryl methyl sites for hydroxylation is 2. The minimum Gasteiger partial charge on any atom is -0.342 e. The Balaban J connectivity index is 2.01. The summed E-state index contributed by atoms with van der Waals surface area (Å²) in [5.74, 6) is -0.0232. The van der Waals surface area contributed by atoms with Crippen molar-refractivity contribution in [3.8, 4) is 0 Å². The van der Waals surface area contributed by atoms with Crippen LogP contribution in [0.15, 0.2) is 41.2 Å². The molecule has 0 atom stereocenters. The molecule has 0 fully saturated rings. The first-order valence-electron chi connectivity index (χ1n) is 8.42. The van der Waals surface area contributed by atoms with Gasteiger partial charge in [-0.15, -0.1) is 0 Å². The van der Waals surface area contributed by atoms with E-state index < -0.39 is 0 Å². The molecular weight excluding hydrogens is 316 g/mol. The molecule has 0 unspecified atom stereocenters. The number of carbonyl (C=O) groups excluding carboxylic acids is 1. The van der Waals surface area contributed by atoms with Gasteiger partial charge >= 0.3 is 0 Å². The number of nitrogens with zero attached hydrogens (tertiary/aromatic N) is 4. The smallest absolute Gasteiger partial charge is 0.272 e. The largest absolute Gasteiger partial charge is 0.342 e. The molecular formula is C19H26N4O2. The Kier molecular flexibility index (Phi) is 6.47. The van der Waals surface area contributed by atoms with Crippen molar-refractivity contribution in [2.75, 3.05) is 34.2 Å². The maximum Gasteiger partial charge on any atom is 0.272 e. The molecule has 0 bridgehead atoms. The van der Waals surface area contributed by atoms with Crippen LogP contribution in [0.3, 0.4) is 0 Å². The topological polar surface area (TPSA) is 58.4 Å². The Morgan fingerprint density at radius 2 is 1.96 bits per heavy atom. The molecule has 2 rings (SSSR count). The molecule has 0 spiro atoms. The van der Waals surface area contributed by atoms with E-state index in [1.165, 1.54) is 0 Å². The van der Waals surface area contributed by atoms with E-state index in [-0.39, 0.29) is 11.5 Å². The van der Waals surface area contributed by atoms with Crippen LogP contribution >= 0.6 is 0 Å². The van der Waals surface area contributed by atoms with E-state index in [0.717, 1.165) is 17.6 Å². The van der Waals surface area contributed by atoms with E-state index in [0.29, 0.717) is 25.2 Å². The minimum absolute atomic E-state index is 0.0232. The van der Waals surface area contributed by atoms with E-state index in [9.17, 15) is 9.59 Å². The van der Waals surface area contributed by atoms with Crippen molar-refractivity contribution >= 4 is 16.9 Å². The molecule has 0 N–H and O–H groups in total. The predicted octanol–water partition coefficient (Wildman–Crippen LogP) is 1.67. The van der Waals surface area contributed by atoms with Gasteiger partial charge in [-0.2, -0.15) is 0 Å². The molecule has 25 heavy (non-hydrogen) atoms. The SMILES string of the molecule is Cc1nc2ccccc2n(CCCN(C)C(=O)/C=C/CN(C)C)c1=O. The number of hydrogen-bond donors (Lipinski definition) is 0. The van der Waals surface area contributed by atoms with E-state index >= 15 is 0 Å². The minimum atomic E-state index is -0.0708. The molecule has 0 aliphatic carbocycles. The highest BCUT2D eigenvalue weighted by Crippen LogP contribution is 2.10. The lowest BCUT2D eigenvalue weighted by molar-refractivity contribution is -0.124. The number of hydrogen-bond acceptors (Lipinski definition) is 4. The maximum atomic E-state index is 12.4. The number of likely N-dealkylation sites (N-methyl/N-ethyl adjacent to an activating group) is 2. The summed E-state index contributed by atoms with van der Waals surface area (Å²) >= 11 is 0. The van der Waals surface area contributed by atoms with Crippen LogP contribution in [-0.2, 0) is 11.3 Å². The third-order valence-corrected chi connectivity index (χ3v) is 4.00. The van der Waals surface area contributed by atoms with Gasteiger partial charge in [0.2, 0.25) is 5.91 Å². The Hall–Kier alpha value is -2.47. The van der Waals surface area contributed by atoms with E-state index in [1.807, 2.05) is 49.3 Å². The number of rotatable bonds is 7. The van der Waals surface area contributed by atoms with Crippen LogP contribution in [0.2, 0.25) is 0 Å². The molecule has 1 amide bonds. The fraction of sp³-hybridized carbons (Fsp3) is 0.421. The molecule has 0 aliphatic rings. The fourth-order valence-electron chi connectivity index (χ4n) is 2.61. The van der Waals surface area contributed by atoms with Crippen LogP contribution < -0.4 is 5.56 Å². The summed E-state index contributed by atoms with van der Waals surface area (Å²) in [6, 6.07) is 7.63. The van der Waals surface area contributed by atoms with Crippen molar-refractivity contribution in [3.05, 3.63) is 52.5 Å². The van der Waals surface area contributed by atoms with Gasteiger partial charge in [-0.3, -0.25) is 9.59 Å². The third kappa shape index (κ3) is 5.00. The molecule has 1 aromatic carbocycles. The van der Waals surface area contributed by atoms with E-state index in [4.69, 9.17) is 0 Å². The highest BCUT2D eigenvalue weighted by Gasteiger charge is 2.09. The summed E-state index contributed by atoms with van der Waals surface area (Å²) in [7, 11) is 5.69. The lowest BCUT2D eigenvalue weighted by Gasteiger charge is -2.16. The molecule has 6 nitrogen and oxygen atoms in total. The van der Waals surface area contributed by atoms with Crippen molar-refractivity contribution in [1.29, 1.82) is 0 Å². The molecule has 2 aromatic rings. The van der Waals surface area contributed by atoms with E-state index in [2.05, 4.69) is 4.98 Å². The summed E-state index contributed by atoms with van der Waals surface area (Å²) in [5, 5.41) is 0. The van der Waals surface area contributed by atoms with Crippen molar-refractivity contribution in [2.45, 2.75) is 19.9 Å². The molecule has 6 heteroatoms. The molecule has 0 radical (unpaired) electrons. The highest BCUT2D eigenvalue weighted by molar-refractivity contribution is 5.87. The number of para-hydroxylation sites is 2. The second kappa shape index (κ2) is 8.58. The lowest BCUT2D eigenvalue weighted by Crippen LogP contribution is -2.29. The zero-order chi connectivity index (χ0) is 18.4. The van der Waals surface area contributed by atoms with Gasteiger partial charge in [-0.25, -0.2) is 4.98 Å². The van der Waals surface area contributed by atoms with Crippen LogP contribution in [0.5, 0.6) is 0 Å². The Morgan fingerprint density at radius 3 is 2.68 bits per heavy atom. The van der Waals surface area contributed by atoms with Crippen LogP contribution in [0.25, 0.3) is 11.0 Å². The van der Waals surface area contributed by atoms with Gasteiger partial charge < -0.3 is 14.4 Å². The normalized spacial score (nSPS) is 11.6. The second-order valence-corrected chi connectivity index (χ2v) is 6.42. The Bertz CT molecular complexity index is 824. The first kappa shape index (κ1) is 18.9. The number of aromatic nitrogens is 2. The standard InChI is InChI=1S/C19H26N4O2/c1-15-19(25)23(17-10-6-5-9-16(17)20-15)14-8-13-22(4)18(24)11-7-12-21(2)3/h5-7,9-11H,8,12-14H2,1-4H3/b11-7+. The highest BCUT2D eigenvalue weighted by atomic mass is 16.2.